The van der Waals surface area contributed by atoms with E-state index >= 15 is 4.39 Å². The second-order valence-corrected chi connectivity index (χ2v) is 10.6. The summed E-state index contributed by atoms with van der Waals surface area (Å²) in [5, 5.41) is 5.86. The number of alkyl halides is 3. The maximum atomic E-state index is 15.5. The van der Waals surface area contributed by atoms with Gasteiger partial charge in [-0.1, -0.05) is 44.1 Å². The first-order chi connectivity index (χ1) is 20.0. The summed E-state index contributed by atoms with van der Waals surface area (Å²) in [6.07, 6.45) is 1.60. The van der Waals surface area contributed by atoms with Gasteiger partial charge in [-0.15, -0.1) is 11.8 Å². The van der Waals surface area contributed by atoms with Gasteiger partial charge in [-0.25, -0.2) is 10.2 Å². The predicted molar refractivity (Wildman–Crippen MR) is 163 cm³/mol. The average Bonchev–Trinajstić information content (AvgIpc) is 3.28. The highest BCUT2D eigenvalue weighted by Crippen LogP contribution is 2.44. The third-order valence-corrected chi connectivity index (χ3v) is 7.53. The van der Waals surface area contributed by atoms with Crippen LogP contribution in [0.15, 0.2) is 83.4 Å². The fourth-order valence-corrected chi connectivity index (χ4v) is 5.12. The number of nitrogens with zero attached hydrogens (tertiary/aromatic N) is 3. The van der Waals surface area contributed by atoms with Crippen LogP contribution in [0, 0.1) is 11.8 Å². The van der Waals surface area contributed by atoms with Gasteiger partial charge < -0.3 is 10.2 Å². The van der Waals surface area contributed by atoms with Crippen molar-refractivity contribution >= 4 is 23.8 Å². The molecule has 0 spiro atoms. The first kappa shape index (κ1) is 31.0. The number of aryl methyl sites for hydroxylation is 1. The molecular formula is C32H33F4N5S. The number of thioether (sulfide) groups is 1. The summed E-state index contributed by atoms with van der Waals surface area (Å²) in [5.41, 5.74) is 2.17. The standard InChI is InChI=1S/C32H33F4N5S/c1-5-23-8-10-24(11-9-23)12-13-25-17-26-21(2)40(19-27(26)28(18-25)32(34,35)36)31(22(3)41(37)15-16-42-4)30-29(33)7-6-14-38-20-39-30/h8-11,15-18,20,31H,2-3,5-7,14,19,37H2,1,4H3,(H,38,39)/b16-15-,30-29?. The number of rotatable bonds is 7. The Morgan fingerprint density at radius 2 is 1.95 bits per heavy atom. The molecule has 0 radical (unpaired) electrons. The molecule has 2 aliphatic heterocycles. The van der Waals surface area contributed by atoms with Crippen LogP contribution in [-0.4, -0.2) is 35.1 Å². The van der Waals surface area contributed by atoms with Crippen LogP contribution in [0.1, 0.15) is 53.1 Å². The van der Waals surface area contributed by atoms with Gasteiger partial charge in [-0.2, -0.15) is 13.2 Å². The summed E-state index contributed by atoms with van der Waals surface area (Å²) in [4.78, 5) is 5.81. The minimum absolute atomic E-state index is 0.0342. The molecule has 2 aliphatic rings. The Bertz CT molecular complexity index is 1500. The Labute approximate surface area is 248 Å². The van der Waals surface area contributed by atoms with Gasteiger partial charge in [-0.05, 0) is 59.9 Å². The van der Waals surface area contributed by atoms with Crippen molar-refractivity contribution in [3.05, 3.63) is 112 Å². The van der Waals surface area contributed by atoms with Crippen LogP contribution in [-0.2, 0) is 19.1 Å². The van der Waals surface area contributed by atoms with Crippen LogP contribution < -0.4 is 11.2 Å². The first-order valence-corrected chi connectivity index (χ1v) is 14.7. The van der Waals surface area contributed by atoms with Crippen LogP contribution in [0.3, 0.4) is 0 Å². The molecule has 3 N–H and O–H groups in total. The lowest BCUT2D eigenvalue weighted by Crippen LogP contribution is -2.44. The Balaban J connectivity index is 1.80. The van der Waals surface area contributed by atoms with Crippen molar-refractivity contribution in [3.63, 3.8) is 0 Å². The van der Waals surface area contributed by atoms with Crippen molar-refractivity contribution < 1.29 is 17.6 Å². The largest absolute Gasteiger partial charge is 0.416 e. The van der Waals surface area contributed by atoms with Gasteiger partial charge in [0.05, 0.1) is 23.3 Å². The summed E-state index contributed by atoms with van der Waals surface area (Å²) in [6.45, 7) is 10.6. The van der Waals surface area contributed by atoms with Crippen LogP contribution in [0.25, 0.3) is 5.70 Å². The molecule has 2 aromatic rings. The molecule has 0 amide bonds. The Morgan fingerprint density at radius 3 is 2.62 bits per heavy atom. The minimum atomic E-state index is -4.65. The third-order valence-electron chi connectivity index (χ3n) is 7.13. The number of nitrogens with two attached hydrogens (primary N) is 1. The quantitative estimate of drug-likeness (QED) is 0.157. The number of hydrogen-bond acceptors (Lipinski definition) is 6. The lowest BCUT2D eigenvalue weighted by molar-refractivity contribution is -0.138. The van der Waals surface area contributed by atoms with Gasteiger partial charge in [0.15, 0.2) is 0 Å². The van der Waals surface area contributed by atoms with Crippen molar-refractivity contribution in [1.82, 2.24) is 15.2 Å². The molecule has 5 nitrogen and oxygen atoms in total. The molecule has 0 aromatic heterocycles. The highest BCUT2D eigenvalue weighted by molar-refractivity contribution is 8.01. The van der Waals surface area contributed by atoms with Crippen molar-refractivity contribution in [3.8, 4) is 11.8 Å². The average molecular weight is 596 g/mol. The van der Waals surface area contributed by atoms with E-state index in [0.29, 0.717) is 18.5 Å². The minimum Gasteiger partial charge on any atom is -0.353 e. The molecule has 1 atom stereocenters. The van der Waals surface area contributed by atoms with Gasteiger partial charge >= 0.3 is 6.18 Å². The van der Waals surface area contributed by atoms with Gasteiger partial charge in [0.25, 0.3) is 0 Å². The highest BCUT2D eigenvalue weighted by atomic mass is 32.2. The van der Waals surface area contributed by atoms with Crippen LogP contribution >= 0.6 is 11.8 Å². The lowest BCUT2D eigenvalue weighted by atomic mass is 9.98. The zero-order valence-corrected chi connectivity index (χ0v) is 24.4. The number of fused-ring (bicyclic) bond motifs is 1. The number of hydrogen-bond donors (Lipinski definition) is 2. The Kier molecular flexibility index (Phi) is 9.86. The molecular weight excluding hydrogens is 562 g/mol. The molecule has 0 fully saturated rings. The van der Waals surface area contributed by atoms with Crippen LogP contribution in [0.5, 0.6) is 0 Å². The summed E-state index contributed by atoms with van der Waals surface area (Å²) >= 11 is 1.40. The van der Waals surface area contributed by atoms with Gasteiger partial charge in [0.1, 0.15) is 11.9 Å². The summed E-state index contributed by atoms with van der Waals surface area (Å²) in [6, 6.07) is 9.25. The summed E-state index contributed by atoms with van der Waals surface area (Å²) in [7, 11) is 0. The highest BCUT2D eigenvalue weighted by Gasteiger charge is 2.42. The molecule has 1 unspecified atom stereocenters. The smallest absolute Gasteiger partial charge is 0.353 e. The van der Waals surface area contributed by atoms with E-state index in [1.807, 2.05) is 37.4 Å². The van der Waals surface area contributed by atoms with E-state index in [-0.39, 0.29) is 46.7 Å². The molecule has 0 saturated carbocycles. The fraction of sp³-hybridized carbons (Fsp3) is 0.281. The van der Waals surface area contributed by atoms with Crippen molar-refractivity contribution in [2.45, 2.75) is 44.9 Å². The number of hydrazine groups is 1. The number of halogens is 4. The maximum Gasteiger partial charge on any atom is 0.416 e. The molecule has 10 heteroatoms. The molecule has 0 aliphatic carbocycles. The molecule has 4 rings (SSSR count). The van der Waals surface area contributed by atoms with E-state index in [9.17, 15) is 13.2 Å². The van der Waals surface area contributed by atoms with E-state index in [0.717, 1.165) is 18.1 Å². The van der Waals surface area contributed by atoms with Crippen molar-refractivity contribution in [2.75, 3.05) is 12.8 Å². The molecule has 2 heterocycles. The lowest BCUT2D eigenvalue weighted by Gasteiger charge is -2.36. The van der Waals surface area contributed by atoms with E-state index in [4.69, 9.17) is 5.84 Å². The molecule has 0 saturated heterocycles. The van der Waals surface area contributed by atoms with Gasteiger partial charge in [-0.3, -0.25) is 10.0 Å². The summed E-state index contributed by atoms with van der Waals surface area (Å²) < 4.78 is 58.8. The number of aliphatic imine (C=N–C) groups is 1. The van der Waals surface area contributed by atoms with Crippen molar-refractivity contribution in [2.24, 2.45) is 10.8 Å². The topological polar surface area (TPSA) is 56.9 Å². The number of benzene rings is 2. The summed E-state index contributed by atoms with van der Waals surface area (Å²) in [5.74, 6) is 11.7. The van der Waals surface area contributed by atoms with Crippen LogP contribution in [0.2, 0.25) is 0 Å². The van der Waals surface area contributed by atoms with E-state index in [2.05, 4.69) is 35.3 Å². The molecule has 42 heavy (non-hydrogen) atoms. The molecule has 2 aromatic carbocycles. The van der Waals surface area contributed by atoms with Crippen LogP contribution in [0.4, 0.5) is 17.6 Å². The molecule has 0 bridgehead atoms. The zero-order valence-electron chi connectivity index (χ0n) is 23.6. The van der Waals surface area contributed by atoms with E-state index in [1.54, 1.807) is 22.6 Å². The monoisotopic (exact) mass is 595 g/mol. The first-order valence-electron chi connectivity index (χ1n) is 13.4. The second kappa shape index (κ2) is 13.4. The van der Waals surface area contributed by atoms with E-state index in [1.165, 1.54) is 23.1 Å². The Morgan fingerprint density at radius 1 is 1.24 bits per heavy atom. The van der Waals surface area contributed by atoms with Gasteiger partial charge in [0.2, 0.25) is 0 Å². The predicted octanol–water partition coefficient (Wildman–Crippen LogP) is 6.94. The van der Waals surface area contributed by atoms with Gasteiger partial charge in [0, 0.05) is 48.1 Å². The number of allylic oxidation sites excluding steroid dienone is 1. The zero-order chi connectivity index (χ0) is 30.4. The number of nitrogens with one attached hydrogen (secondary N) is 1. The second-order valence-electron chi connectivity index (χ2n) is 9.85. The fourth-order valence-electron chi connectivity index (χ4n) is 4.87. The third kappa shape index (κ3) is 6.92. The molecule has 220 valence electrons. The Hall–Kier alpha value is -3.94. The normalized spacial score (nSPS) is 16.0. The SMILES string of the molecule is C=C(C(C1=C(F)CCCN=CN1)N1Cc2c(cc(C#Cc3ccc(CC)cc3)cc2C(F)(F)F)C1=C)N(N)/C=C\SC. The maximum absolute atomic E-state index is 15.5. The van der Waals surface area contributed by atoms with E-state index < -0.39 is 23.6 Å². The van der Waals surface area contributed by atoms with Crippen molar-refractivity contribution in [1.29, 1.82) is 0 Å².